The number of nitrogens with zero attached hydrogens (tertiary/aromatic N) is 5. The van der Waals surface area contributed by atoms with Crippen molar-refractivity contribution in [2.24, 2.45) is 0 Å². The number of aromatic nitrogens is 3. The lowest BCUT2D eigenvalue weighted by Gasteiger charge is -2.35. The van der Waals surface area contributed by atoms with Crippen molar-refractivity contribution in [1.29, 1.82) is 0 Å². The predicted octanol–water partition coefficient (Wildman–Crippen LogP) is 1.96. The van der Waals surface area contributed by atoms with Gasteiger partial charge in [-0.2, -0.15) is 0 Å². The van der Waals surface area contributed by atoms with Crippen LogP contribution in [0.4, 0.5) is 10.7 Å². The molecule has 0 bridgehead atoms. The highest BCUT2D eigenvalue weighted by Gasteiger charge is 2.32. The minimum Gasteiger partial charge on any atom is -0.448 e. The molecule has 124 valence electrons. The maximum Gasteiger partial charge on any atom is 0.410 e. The summed E-state index contributed by atoms with van der Waals surface area (Å²) in [5.41, 5.74) is 1.67. The molecule has 2 fully saturated rings. The van der Waals surface area contributed by atoms with E-state index < -0.39 is 0 Å². The molecule has 7 nitrogen and oxygen atoms in total. The molecule has 0 saturated carbocycles. The molecule has 0 unspecified atom stereocenters. The van der Waals surface area contributed by atoms with Gasteiger partial charge in [-0.3, -0.25) is 4.98 Å². The van der Waals surface area contributed by atoms with Crippen LogP contribution < -0.4 is 4.90 Å². The molecular formula is C17H19N5O2. The van der Waals surface area contributed by atoms with Crippen LogP contribution in [0.1, 0.15) is 12.8 Å². The molecule has 0 aromatic carbocycles. The molecule has 7 heteroatoms. The van der Waals surface area contributed by atoms with Gasteiger partial charge in [0.1, 0.15) is 6.61 Å². The predicted molar refractivity (Wildman–Crippen MR) is 88.6 cm³/mol. The average Bonchev–Trinajstić information content (AvgIpc) is 3.09. The molecule has 0 N–H and O–H groups in total. The third kappa shape index (κ3) is 2.89. The van der Waals surface area contributed by atoms with Crippen molar-refractivity contribution in [1.82, 2.24) is 19.9 Å². The van der Waals surface area contributed by atoms with Crippen molar-refractivity contribution in [3.63, 3.8) is 0 Å². The zero-order chi connectivity index (χ0) is 16.4. The van der Waals surface area contributed by atoms with Gasteiger partial charge in [0.25, 0.3) is 0 Å². The van der Waals surface area contributed by atoms with Gasteiger partial charge in [0.15, 0.2) is 0 Å². The second-order valence-electron chi connectivity index (χ2n) is 5.98. The second kappa shape index (κ2) is 6.43. The summed E-state index contributed by atoms with van der Waals surface area (Å²) in [5, 5.41) is 0. The highest BCUT2D eigenvalue weighted by atomic mass is 16.6. The first-order valence-electron chi connectivity index (χ1n) is 8.24. The molecule has 2 aliphatic rings. The van der Waals surface area contributed by atoms with Gasteiger partial charge in [0.2, 0.25) is 5.95 Å². The van der Waals surface area contributed by atoms with Gasteiger partial charge in [-0.15, -0.1) is 0 Å². The molecule has 2 aromatic heterocycles. The number of amides is 1. The van der Waals surface area contributed by atoms with Gasteiger partial charge in [0.05, 0.1) is 17.9 Å². The Labute approximate surface area is 140 Å². The zero-order valence-electron chi connectivity index (χ0n) is 13.3. The van der Waals surface area contributed by atoms with Gasteiger partial charge < -0.3 is 14.5 Å². The Balaban J connectivity index is 1.45. The summed E-state index contributed by atoms with van der Waals surface area (Å²) in [6, 6.07) is 7.91. The van der Waals surface area contributed by atoms with Gasteiger partial charge in [-0.25, -0.2) is 14.8 Å². The number of hydrogen-bond donors (Lipinski definition) is 0. The van der Waals surface area contributed by atoms with E-state index in [1.54, 1.807) is 12.4 Å². The van der Waals surface area contributed by atoms with E-state index >= 15 is 0 Å². The Bertz CT molecular complexity index is 716. The lowest BCUT2D eigenvalue weighted by molar-refractivity contribution is 0.142. The van der Waals surface area contributed by atoms with Crippen molar-refractivity contribution < 1.29 is 9.53 Å². The monoisotopic (exact) mass is 325 g/mol. The summed E-state index contributed by atoms with van der Waals surface area (Å²) >= 11 is 0. The first-order valence-corrected chi connectivity index (χ1v) is 8.24. The van der Waals surface area contributed by atoms with Crippen LogP contribution >= 0.6 is 0 Å². The van der Waals surface area contributed by atoms with Crippen LogP contribution in [0, 0.1) is 0 Å². The Morgan fingerprint density at radius 2 is 1.88 bits per heavy atom. The van der Waals surface area contributed by atoms with E-state index in [9.17, 15) is 4.79 Å². The Hall–Kier alpha value is -2.70. The maximum atomic E-state index is 11.7. The van der Waals surface area contributed by atoms with Crippen molar-refractivity contribution >= 4 is 12.0 Å². The highest BCUT2D eigenvalue weighted by molar-refractivity contribution is 5.69. The largest absolute Gasteiger partial charge is 0.448 e. The summed E-state index contributed by atoms with van der Waals surface area (Å²) in [4.78, 5) is 29.1. The Morgan fingerprint density at radius 3 is 2.58 bits per heavy atom. The maximum absolute atomic E-state index is 11.7. The average molecular weight is 325 g/mol. The molecule has 2 aromatic rings. The van der Waals surface area contributed by atoms with Gasteiger partial charge in [-0.05, 0) is 31.0 Å². The first kappa shape index (κ1) is 14.9. The van der Waals surface area contributed by atoms with Gasteiger partial charge in [0, 0.05) is 31.5 Å². The van der Waals surface area contributed by atoms with Crippen LogP contribution in [0.2, 0.25) is 0 Å². The second-order valence-corrected chi connectivity index (χ2v) is 5.98. The fraction of sp³-hybridized carbons (Fsp3) is 0.412. The number of rotatable bonds is 3. The number of hydrogen-bond acceptors (Lipinski definition) is 6. The fourth-order valence-corrected chi connectivity index (χ4v) is 3.27. The number of cyclic esters (lactones) is 1. The van der Waals surface area contributed by atoms with Gasteiger partial charge >= 0.3 is 6.09 Å². The van der Waals surface area contributed by atoms with Crippen LogP contribution in [-0.2, 0) is 4.74 Å². The Kier molecular flexibility index (Phi) is 3.98. The van der Waals surface area contributed by atoms with Crippen molar-refractivity contribution in [2.75, 3.05) is 31.1 Å². The van der Waals surface area contributed by atoms with Crippen molar-refractivity contribution in [3.8, 4) is 11.4 Å². The van der Waals surface area contributed by atoms with Gasteiger partial charge in [-0.1, -0.05) is 6.07 Å². The molecule has 0 atom stereocenters. The Morgan fingerprint density at radius 1 is 1.00 bits per heavy atom. The number of pyridine rings is 1. The number of carbonyl (C=O) groups excluding carboxylic acids is 1. The summed E-state index contributed by atoms with van der Waals surface area (Å²) in [6.07, 6.45) is 5.17. The van der Waals surface area contributed by atoms with E-state index in [0.29, 0.717) is 13.2 Å². The molecule has 2 aliphatic heterocycles. The molecule has 0 radical (unpaired) electrons. The molecule has 4 heterocycles. The minimum atomic E-state index is -0.179. The smallest absolute Gasteiger partial charge is 0.410 e. The number of piperidine rings is 1. The SMILES string of the molecule is O=C1OCCN1C1CCN(c2nccc(-c3ccccn3)n2)CC1. The van der Waals surface area contributed by atoms with Crippen LogP contribution in [0.25, 0.3) is 11.4 Å². The summed E-state index contributed by atoms with van der Waals surface area (Å²) in [7, 11) is 0. The third-order valence-corrected chi connectivity index (χ3v) is 4.55. The highest BCUT2D eigenvalue weighted by Crippen LogP contribution is 2.23. The third-order valence-electron chi connectivity index (χ3n) is 4.55. The minimum absolute atomic E-state index is 0.179. The van der Waals surface area contributed by atoms with E-state index in [1.807, 2.05) is 29.2 Å². The zero-order valence-corrected chi connectivity index (χ0v) is 13.3. The lowest BCUT2D eigenvalue weighted by atomic mass is 10.0. The molecule has 4 rings (SSSR count). The van der Waals surface area contributed by atoms with Crippen LogP contribution in [0.15, 0.2) is 36.7 Å². The molecule has 0 spiro atoms. The number of carbonyl (C=O) groups is 1. The molecule has 2 saturated heterocycles. The lowest BCUT2D eigenvalue weighted by Crippen LogP contribution is -2.45. The van der Waals surface area contributed by atoms with Crippen molar-refractivity contribution in [2.45, 2.75) is 18.9 Å². The molecule has 24 heavy (non-hydrogen) atoms. The number of ether oxygens (including phenoxy) is 1. The van der Waals surface area contributed by atoms with Crippen LogP contribution in [0.3, 0.4) is 0 Å². The topological polar surface area (TPSA) is 71.5 Å². The van der Waals surface area contributed by atoms with E-state index in [1.165, 1.54) is 0 Å². The van der Waals surface area contributed by atoms with E-state index in [-0.39, 0.29) is 12.1 Å². The van der Waals surface area contributed by atoms with E-state index in [2.05, 4.69) is 19.9 Å². The normalized spacial score (nSPS) is 18.8. The molecule has 1 amide bonds. The summed E-state index contributed by atoms with van der Waals surface area (Å²) in [6.45, 7) is 2.88. The summed E-state index contributed by atoms with van der Waals surface area (Å²) in [5.74, 6) is 0.723. The van der Waals surface area contributed by atoms with Crippen LogP contribution in [-0.4, -0.2) is 58.2 Å². The standard InChI is InChI=1S/C17H19N5O2/c23-17-22(11-12-24-17)13-5-9-21(10-6-13)16-19-8-4-15(20-16)14-3-1-2-7-18-14/h1-4,7-8,13H,5-6,9-12H2. The van der Waals surface area contributed by atoms with Crippen molar-refractivity contribution in [3.05, 3.63) is 36.7 Å². The number of anilines is 1. The van der Waals surface area contributed by atoms with E-state index in [0.717, 1.165) is 43.3 Å². The quantitative estimate of drug-likeness (QED) is 0.859. The first-order chi connectivity index (χ1) is 11.8. The van der Waals surface area contributed by atoms with E-state index in [4.69, 9.17) is 4.74 Å². The molecular weight excluding hydrogens is 306 g/mol. The fourth-order valence-electron chi connectivity index (χ4n) is 3.27. The molecule has 0 aliphatic carbocycles. The summed E-state index contributed by atoms with van der Waals surface area (Å²) < 4.78 is 5.04. The van der Waals surface area contributed by atoms with Crippen LogP contribution in [0.5, 0.6) is 0 Å².